The van der Waals surface area contributed by atoms with Gasteiger partial charge >= 0.3 is 5.97 Å². The van der Waals surface area contributed by atoms with Gasteiger partial charge in [0.25, 0.3) is 5.91 Å². The molecule has 6 heteroatoms. The summed E-state index contributed by atoms with van der Waals surface area (Å²) in [5.74, 6) is -1.65. The zero-order chi connectivity index (χ0) is 13.9. The van der Waals surface area contributed by atoms with E-state index in [9.17, 15) is 9.59 Å². The number of amides is 1. The zero-order valence-electron chi connectivity index (χ0n) is 9.75. The van der Waals surface area contributed by atoms with Gasteiger partial charge in [0.15, 0.2) is 0 Å². The van der Waals surface area contributed by atoms with Gasteiger partial charge in [-0.3, -0.25) is 4.79 Å². The fourth-order valence-corrected chi connectivity index (χ4v) is 1.59. The molecule has 0 saturated heterocycles. The maximum atomic E-state index is 11.8. The topological polar surface area (TPSA) is 66.4 Å². The number of carboxylic acid groups (broad SMARTS) is 1. The zero-order valence-corrected chi connectivity index (χ0v) is 11.3. The molecular weight excluding hydrogens is 277 g/mol. The normalized spacial score (nSPS) is 11.8. The Kier molecular flexibility index (Phi) is 4.76. The van der Waals surface area contributed by atoms with Gasteiger partial charge in [-0.1, -0.05) is 23.2 Å². The number of nitrogens with one attached hydrogen (secondary N) is 1. The SMILES string of the molecule is CC(C(=O)O)=C(C)C(=O)Nc1ccc(Cl)cc1Cl. The first kappa shape index (κ1) is 14.5. The Morgan fingerprint density at radius 1 is 1.17 bits per heavy atom. The molecule has 0 aromatic heterocycles. The van der Waals surface area contributed by atoms with Crippen molar-refractivity contribution in [1.29, 1.82) is 0 Å². The van der Waals surface area contributed by atoms with Crippen molar-refractivity contribution >= 4 is 40.8 Å². The lowest BCUT2D eigenvalue weighted by Gasteiger charge is -2.08. The second-order valence-electron chi connectivity index (χ2n) is 3.63. The average Bonchev–Trinajstić information content (AvgIpc) is 2.30. The fraction of sp³-hybridized carbons (Fsp3) is 0.167. The Hall–Kier alpha value is -1.52. The molecule has 1 rings (SSSR count). The molecule has 0 aliphatic carbocycles. The Labute approximate surface area is 114 Å². The van der Waals surface area contributed by atoms with Gasteiger partial charge in [0.1, 0.15) is 0 Å². The number of halogens is 2. The van der Waals surface area contributed by atoms with Crippen molar-refractivity contribution in [3.8, 4) is 0 Å². The van der Waals surface area contributed by atoms with E-state index >= 15 is 0 Å². The lowest BCUT2D eigenvalue weighted by atomic mass is 10.1. The van der Waals surface area contributed by atoms with Gasteiger partial charge in [0.05, 0.1) is 10.7 Å². The summed E-state index contributed by atoms with van der Waals surface area (Å²) in [6.45, 7) is 2.79. The van der Waals surface area contributed by atoms with E-state index in [0.29, 0.717) is 10.7 Å². The highest BCUT2D eigenvalue weighted by molar-refractivity contribution is 6.36. The number of carbonyl (C=O) groups excluding carboxylic acids is 1. The molecule has 0 atom stereocenters. The maximum Gasteiger partial charge on any atom is 0.331 e. The molecule has 4 nitrogen and oxygen atoms in total. The smallest absolute Gasteiger partial charge is 0.331 e. The summed E-state index contributed by atoms with van der Waals surface area (Å²) in [4.78, 5) is 22.5. The standard InChI is InChI=1S/C12H11Cl2NO3/c1-6(7(2)12(17)18)11(16)15-10-4-3-8(13)5-9(10)14/h3-5H,1-2H3,(H,15,16)(H,17,18). The molecule has 0 spiro atoms. The Morgan fingerprint density at radius 2 is 1.78 bits per heavy atom. The van der Waals surface area contributed by atoms with Crippen molar-refractivity contribution in [3.63, 3.8) is 0 Å². The Balaban J connectivity index is 2.95. The van der Waals surface area contributed by atoms with E-state index in [1.54, 1.807) is 12.1 Å². The van der Waals surface area contributed by atoms with Crippen LogP contribution in [0, 0.1) is 0 Å². The molecule has 0 saturated carbocycles. The molecule has 0 heterocycles. The van der Waals surface area contributed by atoms with E-state index in [4.69, 9.17) is 28.3 Å². The third-order valence-electron chi connectivity index (χ3n) is 2.40. The largest absolute Gasteiger partial charge is 0.478 e. The Bertz CT molecular complexity index is 538. The second kappa shape index (κ2) is 5.89. The molecule has 0 aliphatic heterocycles. The molecule has 1 amide bonds. The van der Waals surface area contributed by atoms with E-state index in [1.807, 2.05) is 0 Å². The minimum Gasteiger partial charge on any atom is -0.478 e. The van der Waals surface area contributed by atoms with Gasteiger partial charge < -0.3 is 10.4 Å². The van der Waals surface area contributed by atoms with E-state index in [0.717, 1.165) is 0 Å². The molecule has 1 aromatic carbocycles. The van der Waals surface area contributed by atoms with Crippen LogP contribution in [0.1, 0.15) is 13.8 Å². The lowest BCUT2D eigenvalue weighted by molar-refractivity contribution is -0.133. The number of rotatable bonds is 3. The molecule has 0 unspecified atom stereocenters. The van der Waals surface area contributed by atoms with Crippen LogP contribution in [-0.2, 0) is 9.59 Å². The summed E-state index contributed by atoms with van der Waals surface area (Å²) < 4.78 is 0. The molecule has 2 N–H and O–H groups in total. The molecular formula is C12H11Cl2NO3. The van der Waals surface area contributed by atoms with Crippen molar-refractivity contribution < 1.29 is 14.7 Å². The first-order valence-electron chi connectivity index (χ1n) is 5.00. The van der Waals surface area contributed by atoms with E-state index < -0.39 is 11.9 Å². The van der Waals surface area contributed by atoms with Gasteiger partial charge in [-0.2, -0.15) is 0 Å². The first-order chi connectivity index (χ1) is 8.32. The summed E-state index contributed by atoms with van der Waals surface area (Å²) in [6, 6.07) is 4.61. The third kappa shape index (κ3) is 3.48. The minimum absolute atomic E-state index is 0.0161. The van der Waals surface area contributed by atoms with Crippen molar-refractivity contribution in [1.82, 2.24) is 0 Å². The molecule has 0 aliphatic rings. The molecule has 0 fully saturated rings. The number of benzene rings is 1. The van der Waals surface area contributed by atoms with Gasteiger partial charge in [-0.05, 0) is 32.0 Å². The van der Waals surface area contributed by atoms with Crippen LogP contribution in [0.4, 0.5) is 5.69 Å². The lowest BCUT2D eigenvalue weighted by Crippen LogP contribution is -2.16. The summed E-state index contributed by atoms with van der Waals surface area (Å²) >= 11 is 11.6. The first-order valence-corrected chi connectivity index (χ1v) is 5.75. The predicted octanol–water partition coefficient (Wildman–Crippen LogP) is 3.35. The van der Waals surface area contributed by atoms with Gasteiger partial charge in [0.2, 0.25) is 0 Å². The van der Waals surface area contributed by atoms with Crippen molar-refractivity contribution in [2.45, 2.75) is 13.8 Å². The van der Waals surface area contributed by atoms with Crippen LogP contribution in [-0.4, -0.2) is 17.0 Å². The predicted molar refractivity (Wildman–Crippen MR) is 71.1 cm³/mol. The van der Waals surface area contributed by atoms with Crippen LogP contribution < -0.4 is 5.32 Å². The number of hydrogen-bond acceptors (Lipinski definition) is 2. The van der Waals surface area contributed by atoms with Gasteiger partial charge in [-0.15, -0.1) is 0 Å². The average molecular weight is 288 g/mol. The summed E-state index contributed by atoms with van der Waals surface area (Å²) in [6.07, 6.45) is 0. The molecule has 1 aromatic rings. The highest BCUT2D eigenvalue weighted by Crippen LogP contribution is 2.25. The van der Waals surface area contributed by atoms with Crippen molar-refractivity contribution in [3.05, 3.63) is 39.4 Å². The fourth-order valence-electron chi connectivity index (χ4n) is 1.14. The highest BCUT2D eigenvalue weighted by atomic mass is 35.5. The summed E-state index contributed by atoms with van der Waals surface area (Å²) in [7, 11) is 0. The summed E-state index contributed by atoms with van der Waals surface area (Å²) in [5, 5.41) is 12.0. The molecule has 0 radical (unpaired) electrons. The van der Waals surface area contributed by atoms with Crippen LogP contribution in [0.5, 0.6) is 0 Å². The molecule has 18 heavy (non-hydrogen) atoms. The second-order valence-corrected chi connectivity index (χ2v) is 4.48. The number of carboxylic acids is 1. The Morgan fingerprint density at radius 3 is 2.28 bits per heavy atom. The van der Waals surface area contributed by atoms with Crippen molar-refractivity contribution in [2.24, 2.45) is 0 Å². The van der Waals surface area contributed by atoms with Crippen LogP contribution >= 0.6 is 23.2 Å². The summed E-state index contributed by atoms with van der Waals surface area (Å²) in [5.41, 5.74) is 0.481. The third-order valence-corrected chi connectivity index (χ3v) is 2.95. The van der Waals surface area contributed by atoms with Crippen LogP contribution in [0.25, 0.3) is 0 Å². The van der Waals surface area contributed by atoms with E-state index in [1.165, 1.54) is 19.9 Å². The van der Waals surface area contributed by atoms with Crippen LogP contribution in [0.2, 0.25) is 10.0 Å². The van der Waals surface area contributed by atoms with E-state index in [2.05, 4.69) is 5.32 Å². The highest BCUT2D eigenvalue weighted by Gasteiger charge is 2.13. The number of anilines is 1. The quantitative estimate of drug-likeness (QED) is 0.838. The molecule has 0 bridgehead atoms. The van der Waals surface area contributed by atoms with Gasteiger partial charge in [0, 0.05) is 16.2 Å². The monoisotopic (exact) mass is 287 g/mol. The van der Waals surface area contributed by atoms with Crippen LogP contribution in [0.3, 0.4) is 0 Å². The number of aliphatic carboxylic acids is 1. The van der Waals surface area contributed by atoms with Crippen LogP contribution in [0.15, 0.2) is 29.3 Å². The number of hydrogen-bond donors (Lipinski definition) is 2. The van der Waals surface area contributed by atoms with E-state index in [-0.39, 0.29) is 16.2 Å². The van der Waals surface area contributed by atoms with Gasteiger partial charge in [-0.25, -0.2) is 4.79 Å². The van der Waals surface area contributed by atoms with Crippen molar-refractivity contribution in [2.75, 3.05) is 5.32 Å². The maximum absolute atomic E-state index is 11.8. The minimum atomic E-state index is -1.13. The molecule has 96 valence electrons. The number of carbonyl (C=O) groups is 2.